The number of ether oxygens (including phenoxy) is 1. The molecule has 0 aliphatic heterocycles. The second-order valence-electron chi connectivity index (χ2n) is 6.62. The van der Waals surface area contributed by atoms with Gasteiger partial charge in [0.25, 0.3) is 10.0 Å². The number of hydrogen-bond acceptors (Lipinski definition) is 5. The van der Waals surface area contributed by atoms with Gasteiger partial charge in [-0.05, 0) is 48.4 Å². The predicted octanol–water partition coefficient (Wildman–Crippen LogP) is 4.80. The minimum atomic E-state index is -3.62. The molecule has 0 saturated heterocycles. The molecule has 1 rings (SSSR count). The number of hydrogen-bond donors (Lipinski definition) is 0. The molecule has 148 valence electrons. The van der Waals surface area contributed by atoms with E-state index in [9.17, 15) is 13.2 Å². The Morgan fingerprint density at radius 3 is 2.12 bits per heavy atom. The van der Waals surface area contributed by atoms with Gasteiger partial charge in [-0.1, -0.05) is 52.7 Å². The van der Waals surface area contributed by atoms with Gasteiger partial charge in [-0.15, -0.1) is 3.71 Å². The Morgan fingerprint density at radius 1 is 1.12 bits per heavy atom. The average molecular weight is 402 g/mol. The zero-order valence-corrected chi connectivity index (χ0v) is 18.0. The van der Waals surface area contributed by atoms with Crippen molar-refractivity contribution in [2.24, 2.45) is 5.92 Å². The summed E-state index contributed by atoms with van der Waals surface area (Å²) in [5, 5.41) is 0. The largest absolute Gasteiger partial charge is 0.453 e. The predicted molar refractivity (Wildman–Crippen MR) is 107 cm³/mol. The normalized spacial score (nSPS) is 12.2. The minimum Gasteiger partial charge on any atom is -0.453 e. The van der Waals surface area contributed by atoms with Gasteiger partial charge < -0.3 is 4.74 Å². The monoisotopic (exact) mass is 401 g/mol. The summed E-state index contributed by atoms with van der Waals surface area (Å²) in [6.07, 6.45) is 4.44. The summed E-state index contributed by atoms with van der Waals surface area (Å²) in [5.41, 5.74) is 1.19. The lowest BCUT2D eigenvalue weighted by Gasteiger charge is -2.18. The summed E-state index contributed by atoms with van der Waals surface area (Å²) < 4.78 is 31.4. The van der Waals surface area contributed by atoms with E-state index in [0.29, 0.717) is 5.92 Å². The van der Waals surface area contributed by atoms with Crippen LogP contribution in [0.2, 0.25) is 0 Å². The highest BCUT2D eigenvalue weighted by atomic mass is 32.3. The molecule has 0 atom stereocenters. The molecule has 0 spiro atoms. The third-order valence-electron chi connectivity index (χ3n) is 4.17. The number of esters is 1. The van der Waals surface area contributed by atoms with E-state index in [2.05, 4.69) is 13.8 Å². The van der Waals surface area contributed by atoms with E-state index in [1.165, 1.54) is 12.6 Å². The smallest absolute Gasteiger partial charge is 0.309 e. The molecular formula is C19H31NO4S2. The Kier molecular flexibility index (Phi) is 9.68. The zero-order valence-electron chi connectivity index (χ0n) is 16.4. The lowest BCUT2D eigenvalue weighted by atomic mass is 9.90. The first-order valence-corrected chi connectivity index (χ1v) is 11.5. The van der Waals surface area contributed by atoms with Gasteiger partial charge in [0, 0.05) is 7.05 Å². The van der Waals surface area contributed by atoms with Crippen molar-refractivity contribution in [2.75, 3.05) is 13.0 Å². The van der Waals surface area contributed by atoms with E-state index in [1.54, 1.807) is 26.0 Å². The third kappa shape index (κ3) is 6.59. The molecule has 0 aromatic heterocycles. The summed E-state index contributed by atoms with van der Waals surface area (Å²) in [4.78, 5) is 11.7. The van der Waals surface area contributed by atoms with Gasteiger partial charge in [0.2, 0.25) is 0 Å². The lowest BCUT2D eigenvalue weighted by molar-refractivity contribution is -0.145. The van der Waals surface area contributed by atoms with Crippen molar-refractivity contribution in [2.45, 2.75) is 64.2 Å². The number of nitrogens with zero attached hydrogens (tertiary/aromatic N) is 1. The van der Waals surface area contributed by atoms with Crippen molar-refractivity contribution in [3.05, 3.63) is 29.8 Å². The fourth-order valence-corrected chi connectivity index (χ4v) is 4.67. The van der Waals surface area contributed by atoms with Gasteiger partial charge in [-0.2, -0.15) is 0 Å². The summed E-state index contributed by atoms with van der Waals surface area (Å²) in [5.74, 6) is -0.126. The second-order valence-corrected chi connectivity index (χ2v) is 9.87. The maximum atomic E-state index is 12.6. The molecule has 1 aromatic rings. The molecule has 0 radical (unpaired) electrons. The third-order valence-corrected chi connectivity index (χ3v) is 7.21. The van der Waals surface area contributed by atoms with Crippen LogP contribution >= 0.6 is 11.9 Å². The van der Waals surface area contributed by atoms with Crippen molar-refractivity contribution in [1.29, 1.82) is 0 Å². The van der Waals surface area contributed by atoms with Crippen LogP contribution in [0.5, 0.6) is 0 Å². The molecule has 0 saturated carbocycles. The first kappa shape index (κ1) is 23.0. The quantitative estimate of drug-likeness (QED) is 0.303. The highest BCUT2D eigenvalue weighted by Crippen LogP contribution is 2.28. The molecule has 0 N–H and O–H groups in total. The van der Waals surface area contributed by atoms with Crippen LogP contribution in [0, 0.1) is 5.92 Å². The van der Waals surface area contributed by atoms with Gasteiger partial charge >= 0.3 is 5.97 Å². The van der Waals surface area contributed by atoms with Crippen LogP contribution in [-0.2, 0) is 19.6 Å². The van der Waals surface area contributed by atoms with E-state index >= 15 is 0 Å². The summed E-state index contributed by atoms with van der Waals surface area (Å²) in [6, 6.07) is 7.17. The Morgan fingerprint density at radius 2 is 1.65 bits per heavy atom. The Bertz CT molecular complexity index is 651. The highest BCUT2D eigenvalue weighted by Gasteiger charge is 2.22. The molecule has 1 aromatic carbocycles. The fourth-order valence-electron chi connectivity index (χ4n) is 2.63. The second kappa shape index (κ2) is 10.9. The molecule has 5 nitrogen and oxygen atoms in total. The lowest BCUT2D eigenvalue weighted by Crippen LogP contribution is -2.22. The molecule has 0 unspecified atom stereocenters. The maximum absolute atomic E-state index is 12.6. The zero-order chi connectivity index (χ0) is 19.7. The van der Waals surface area contributed by atoms with Crippen LogP contribution in [0.4, 0.5) is 0 Å². The van der Waals surface area contributed by atoms with E-state index in [-0.39, 0.29) is 22.7 Å². The van der Waals surface area contributed by atoms with Crippen LogP contribution in [-0.4, -0.2) is 31.1 Å². The molecular weight excluding hydrogens is 370 g/mol. The number of sulfonamides is 1. The van der Waals surface area contributed by atoms with Crippen molar-refractivity contribution in [3.8, 4) is 0 Å². The molecule has 0 bridgehead atoms. The van der Waals surface area contributed by atoms with E-state index in [1.807, 2.05) is 12.1 Å². The van der Waals surface area contributed by atoms with E-state index < -0.39 is 10.0 Å². The van der Waals surface area contributed by atoms with Crippen LogP contribution in [0.15, 0.2) is 29.2 Å². The van der Waals surface area contributed by atoms with Gasteiger partial charge in [-0.25, -0.2) is 8.42 Å². The van der Waals surface area contributed by atoms with Crippen molar-refractivity contribution < 1.29 is 17.9 Å². The first-order valence-electron chi connectivity index (χ1n) is 9.12. The van der Waals surface area contributed by atoms with Crippen molar-refractivity contribution in [3.63, 3.8) is 0 Å². The van der Waals surface area contributed by atoms with Crippen LogP contribution in [0.3, 0.4) is 0 Å². The molecule has 0 aliphatic rings. The molecule has 7 heteroatoms. The fraction of sp³-hybridized carbons (Fsp3) is 0.632. The summed E-state index contributed by atoms with van der Waals surface area (Å²) in [7, 11) is -2.15. The summed E-state index contributed by atoms with van der Waals surface area (Å²) in [6.45, 7) is 7.80. The minimum absolute atomic E-state index is 0.0279. The summed E-state index contributed by atoms with van der Waals surface area (Å²) >= 11 is 0.953. The molecule has 0 fully saturated rings. The van der Waals surface area contributed by atoms with Gasteiger partial charge in [0.15, 0.2) is 5.94 Å². The van der Waals surface area contributed by atoms with Crippen molar-refractivity contribution >= 4 is 27.9 Å². The average Bonchev–Trinajstić information content (AvgIpc) is 2.61. The Labute approximate surface area is 162 Å². The molecule has 0 heterocycles. The highest BCUT2D eigenvalue weighted by molar-refractivity contribution is 8.08. The van der Waals surface area contributed by atoms with Crippen LogP contribution in [0.25, 0.3) is 0 Å². The van der Waals surface area contributed by atoms with E-state index in [0.717, 1.165) is 41.3 Å². The Hall–Kier alpha value is -1.05. The van der Waals surface area contributed by atoms with Gasteiger partial charge in [0.1, 0.15) is 0 Å². The van der Waals surface area contributed by atoms with Crippen LogP contribution in [0.1, 0.15) is 64.9 Å². The number of carbonyl (C=O) groups is 1. The number of carbonyl (C=O) groups excluding carboxylic acids is 1. The number of rotatable bonds is 11. The number of benzene rings is 1. The van der Waals surface area contributed by atoms with Gasteiger partial charge in [-0.3, -0.25) is 4.79 Å². The van der Waals surface area contributed by atoms with E-state index in [4.69, 9.17) is 4.74 Å². The molecule has 0 aliphatic carbocycles. The topological polar surface area (TPSA) is 63.7 Å². The van der Waals surface area contributed by atoms with Crippen molar-refractivity contribution in [1.82, 2.24) is 3.71 Å². The molecule has 0 amide bonds. The van der Waals surface area contributed by atoms with Gasteiger partial charge in [0.05, 0.1) is 10.8 Å². The standard InChI is InChI=1S/C19H31NO4S2/c1-6-8-16(9-7-2)17-10-12-18(13-11-17)26(22,23)20(5)25-14-24-19(21)15(3)4/h10-13,15-16H,6-9,14H2,1-5H3. The maximum Gasteiger partial charge on any atom is 0.309 e. The SMILES string of the molecule is CCCC(CCC)c1ccc(S(=O)(=O)N(C)SCOC(=O)C(C)C)cc1. The van der Waals surface area contributed by atoms with Crippen LogP contribution < -0.4 is 0 Å². The first-order chi connectivity index (χ1) is 12.2. The molecule has 26 heavy (non-hydrogen) atoms. The Balaban J connectivity index is 2.77.